The van der Waals surface area contributed by atoms with E-state index in [1.807, 2.05) is 29.2 Å². The lowest BCUT2D eigenvalue weighted by molar-refractivity contribution is -0.131. The van der Waals surface area contributed by atoms with Gasteiger partial charge in [-0.2, -0.15) is 0 Å². The lowest BCUT2D eigenvalue weighted by Crippen LogP contribution is -2.48. The highest BCUT2D eigenvalue weighted by Gasteiger charge is 2.22. The molecule has 7 heteroatoms. The molecule has 2 aliphatic heterocycles. The molecule has 1 unspecified atom stereocenters. The van der Waals surface area contributed by atoms with Crippen LogP contribution in [-0.4, -0.2) is 50.1 Å². The summed E-state index contributed by atoms with van der Waals surface area (Å²) in [6, 6.07) is 7.94. The fraction of sp³-hybridized carbons (Fsp3) is 0.588. The number of piperazine rings is 1. The largest absolute Gasteiger partial charge is 0.368 e. The fourth-order valence-corrected chi connectivity index (χ4v) is 3.44. The van der Waals surface area contributed by atoms with Crippen LogP contribution in [0.1, 0.15) is 19.3 Å². The lowest BCUT2D eigenvalue weighted by Gasteiger charge is -2.36. The van der Waals surface area contributed by atoms with Crippen molar-refractivity contribution >= 4 is 48.0 Å². The summed E-state index contributed by atoms with van der Waals surface area (Å²) >= 11 is 5.93. The molecule has 2 saturated heterocycles. The van der Waals surface area contributed by atoms with Crippen molar-refractivity contribution in [2.24, 2.45) is 5.92 Å². The molecule has 2 fully saturated rings. The number of halogens is 3. The van der Waals surface area contributed by atoms with Crippen LogP contribution in [0.3, 0.4) is 0 Å². The van der Waals surface area contributed by atoms with E-state index in [0.717, 1.165) is 50.7 Å². The average Bonchev–Trinajstić information content (AvgIpc) is 3.07. The zero-order valence-electron chi connectivity index (χ0n) is 13.7. The van der Waals surface area contributed by atoms with Crippen molar-refractivity contribution in [2.45, 2.75) is 19.3 Å². The number of benzene rings is 1. The first-order valence-corrected chi connectivity index (χ1v) is 8.59. The number of hydrogen-bond acceptors (Lipinski definition) is 3. The molecule has 2 heterocycles. The Morgan fingerprint density at radius 1 is 1.12 bits per heavy atom. The smallest absolute Gasteiger partial charge is 0.222 e. The summed E-state index contributed by atoms with van der Waals surface area (Å²) < 4.78 is 0. The summed E-state index contributed by atoms with van der Waals surface area (Å²) in [5.74, 6) is 1.02. The third-order valence-corrected chi connectivity index (χ3v) is 5.00. The predicted molar refractivity (Wildman–Crippen MR) is 105 cm³/mol. The van der Waals surface area contributed by atoms with Crippen LogP contribution in [0.5, 0.6) is 0 Å². The Morgan fingerprint density at radius 2 is 1.79 bits per heavy atom. The number of nitrogens with zero attached hydrogens (tertiary/aromatic N) is 2. The maximum atomic E-state index is 12.3. The number of anilines is 1. The standard InChI is InChI=1S/C17H24ClN3O.2ClH/c18-15-2-4-16(5-3-15)20-9-11-21(12-10-20)17(22)6-1-14-7-8-19-13-14;;/h2-5,14,19H,1,6-13H2;2*1H. The van der Waals surface area contributed by atoms with Crippen LogP contribution in [0.15, 0.2) is 24.3 Å². The zero-order chi connectivity index (χ0) is 15.4. The minimum absolute atomic E-state index is 0. The van der Waals surface area contributed by atoms with Crippen LogP contribution in [0.25, 0.3) is 0 Å². The van der Waals surface area contributed by atoms with Gasteiger partial charge in [0.15, 0.2) is 0 Å². The van der Waals surface area contributed by atoms with Gasteiger partial charge in [-0.3, -0.25) is 4.79 Å². The number of carbonyl (C=O) groups is 1. The van der Waals surface area contributed by atoms with E-state index in [-0.39, 0.29) is 24.8 Å². The molecule has 1 amide bonds. The Morgan fingerprint density at radius 3 is 2.38 bits per heavy atom. The number of nitrogens with one attached hydrogen (secondary N) is 1. The molecule has 0 aliphatic carbocycles. The highest BCUT2D eigenvalue weighted by Crippen LogP contribution is 2.20. The topological polar surface area (TPSA) is 35.6 Å². The molecule has 136 valence electrons. The zero-order valence-corrected chi connectivity index (χ0v) is 16.1. The van der Waals surface area contributed by atoms with Crippen LogP contribution in [0.2, 0.25) is 5.02 Å². The molecule has 0 bridgehead atoms. The van der Waals surface area contributed by atoms with Gasteiger partial charge in [0.25, 0.3) is 0 Å². The van der Waals surface area contributed by atoms with Gasteiger partial charge in [0.05, 0.1) is 0 Å². The molecule has 1 atom stereocenters. The Bertz CT molecular complexity index is 498. The van der Waals surface area contributed by atoms with E-state index in [2.05, 4.69) is 10.2 Å². The van der Waals surface area contributed by atoms with E-state index in [0.29, 0.717) is 18.2 Å². The Balaban J connectivity index is 0.00000144. The average molecular weight is 395 g/mol. The van der Waals surface area contributed by atoms with Gasteiger partial charge < -0.3 is 15.1 Å². The van der Waals surface area contributed by atoms with Gasteiger partial charge in [0, 0.05) is 43.3 Å². The second kappa shape index (κ2) is 10.3. The summed E-state index contributed by atoms with van der Waals surface area (Å²) in [7, 11) is 0. The van der Waals surface area contributed by atoms with Gasteiger partial charge in [-0.15, -0.1) is 24.8 Å². The predicted octanol–water partition coefficient (Wildman–Crippen LogP) is 3.22. The number of carbonyl (C=O) groups excluding carboxylic acids is 1. The Hall–Kier alpha value is -0.680. The molecule has 1 aromatic rings. The summed E-state index contributed by atoms with van der Waals surface area (Å²) in [5, 5.41) is 4.13. The summed E-state index contributed by atoms with van der Waals surface area (Å²) in [5.41, 5.74) is 1.19. The molecule has 1 N–H and O–H groups in total. The van der Waals surface area contributed by atoms with E-state index < -0.39 is 0 Å². The third kappa shape index (κ3) is 5.69. The van der Waals surface area contributed by atoms with Crippen molar-refractivity contribution in [3.05, 3.63) is 29.3 Å². The molecule has 2 aliphatic rings. The molecule has 4 nitrogen and oxygen atoms in total. The molecule has 0 radical (unpaired) electrons. The van der Waals surface area contributed by atoms with Gasteiger partial charge >= 0.3 is 0 Å². The van der Waals surface area contributed by atoms with Gasteiger partial charge in [-0.05, 0) is 56.1 Å². The maximum absolute atomic E-state index is 12.3. The van der Waals surface area contributed by atoms with E-state index in [1.165, 1.54) is 12.1 Å². The second-order valence-electron chi connectivity index (χ2n) is 6.24. The van der Waals surface area contributed by atoms with Gasteiger partial charge in [0.2, 0.25) is 5.91 Å². The summed E-state index contributed by atoms with van der Waals surface area (Å²) in [6.07, 6.45) is 2.95. The van der Waals surface area contributed by atoms with Crippen LogP contribution in [-0.2, 0) is 4.79 Å². The van der Waals surface area contributed by atoms with Crippen LogP contribution >= 0.6 is 36.4 Å². The van der Waals surface area contributed by atoms with Gasteiger partial charge in [-0.25, -0.2) is 0 Å². The summed E-state index contributed by atoms with van der Waals surface area (Å²) in [6.45, 7) is 5.64. The highest BCUT2D eigenvalue weighted by atomic mass is 35.5. The normalized spacial score (nSPS) is 20.3. The van der Waals surface area contributed by atoms with E-state index in [9.17, 15) is 4.79 Å². The van der Waals surface area contributed by atoms with Crippen LogP contribution in [0.4, 0.5) is 5.69 Å². The van der Waals surface area contributed by atoms with Crippen LogP contribution in [0, 0.1) is 5.92 Å². The fourth-order valence-electron chi connectivity index (χ4n) is 3.31. The first kappa shape index (κ1) is 21.4. The minimum Gasteiger partial charge on any atom is -0.368 e. The van der Waals surface area contributed by atoms with Gasteiger partial charge in [0.1, 0.15) is 0 Å². The SMILES string of the molecule is Cl.Cl.O=C(CCC1CCNC1)N1CCN(c2ccc(Cl)cc2)CC1. The monoisotopic (exact) mass is 393 g/mol. The van der Waals surface area contributed by atoms with Crippen molar-refractivity contribution in [3.8, 4) is 0 Å². The highest BCUT2D eigenvalue weighted by molar-refractivity contribution is 6.30. The second-order valence-corrected chi connectivity index (χ2v) is 6.68. The number of amides is 1. The first-order valence-electron chi connectivity index (χ1n) is 8.21. The molecular weight excluding hydrogens is 369 g/mol. The van der Waals surface area contributed by atoms with Crippen LogP contribution < -0.4 is 10.2 Å². The van der Waals surface area contributed by atoms with Crippen molar-refractivity contribution in [1.29, 1.82) is 0 Å². The van der Waals surface area contributed by atoms with Crippen molar-refractivity contribution in [2.75, 3.05) is 44.2 Å². The Labute approximate surface area is 161 Å². The van der Waals surface area contributed by atoms with E-state index in [4.69, 9.17) is 11.6 Å². The summed E-state index contributed by atoms with van der Waals surface area (Å²) in [4.78, 5) is 16.7. The molecule has 0 spiro atoms. The molecule has 0 saturated carbocycles. The maximum Gasteiger partial charge on any atom is 0.222 e. The van der Waals surface area contributed by atoms with Crippen molar-refractivity contribution in [3.63, 3.8) is 0 Å². The van der Waals surface area contributed by atoms with Crippen molar-refractivity contribution in [1.82, 2.24) is 10.2 Å². The minimum atomic E-state index is 0. The van der Waals surface area contributed by atoms with Gasteiger partial charge in [-0.1, -0.05) is 11.6 Å². The molecule has 3 rings (SSSR count). The molecule has 24 heavy (non-hydrogen) atoms. The van der Waals surface area contributed by atoms with E-state index >= 15 is 0 Å². The first-order chi connectivity index (χ1) is 10.7. The quantitative estimate of drug-likeness (QED) is 0.851. The van der Waals surface area contributed by atoms with Crippen molar-refractivity contribution < 1.29 is 4.79 Å². The molecular formula is C17H26Cl3N3O. The Kier molecular flexibility index (Phi) is 9.21. The number of rotatable bonds is 4. The number of hydrogen-bond donors (Lipinski definition) is 1. The lowest BCUT2D eigenvalue weighted by atomic mass is 10.0. The molecule has 1 aromatic carbocycles. The third-order valence-electron chi connectivity index (χ3n) is 4.75. The molecule has 0 aromatic heterocycles. The van der Waals surface area contributed by atoms with E-state index in [1.54, 1.807) is 0 Å².